The second-order valence-corrected chi connectivity index (χ2v) is 12.7. The van der Waals surface area contributed by atoms with Gasteiger partial charge in [-0.2, -0.15) is 10.2 Å². The standard InChI is InChI=1S/C30H39F2N7O2/c1-17(2)39-24(29(33)41)14-22(37-39)27(19-8-10-30(31,32)11-9-19)23-16-38-25(35-23)13-21(15-34-38)28(20-6-7-20)36-26(40)12-18-4-3-5-18/h13-20,27-28H,3-12H2,1-2H3,(H2,33,41)(H,36,40)/t27-,28-/m1/s1. The van der Waals surface area contributed by atoms with Crippen molar-refractivity contribution in [1.29, 1.82) is 0 Å². The first kappa shape index (κ1) is 27.8. The molecule has 3 aliphatic rings. The number of carbonyl (C=O) groups is 2. The maximum Gasteiger partial charge on any atom is 0.266 e. The molecule has 220 valence electrons. The Kier molecular flexibility index (Phi) is 7.32. The predicted octanol–water partition coefficient (Wildman–Crippen LogP) is 5.32. The van der Waals surface area contributed by atoms with Gasteiger partial charge in [0.1, 0.15) is 5.69 Å². The maximum absolute atomic E-state index is 14.1. The first-order chi connectivity index (χ1) is 19.6. The number of aromatic nitrogens is 5. The molecule has 3 heterocycles. The lowest BCUT2D eigenvalue weighted by Gasteiger charge is -2.32. The first-order valence-corrected chi connectivity index (χ1v) is 15.0. The molecule has 0 spiro atoms. The highest BCUT2D eigenvalue weighted by molar-refractivity contribution is 5.91. The van der Waals surface area contributed by atoms with Crippen LogP contribution in [0.3, 0.4) is 0 Å². The van der Waals surface area contributed by atoms with Gasteiger partial charge < -0.3 is 11.1 Å². The molecule has 0 bridgehead atoms. The normalized spacial score (nSPS) is 21.1. The SMILES string of the molecule is CC(C)n1nc([C@H](c2cn3ncc([C@H](NC(=O)CC4CCC4)C4CC4)cc3n2)C2CCC(F)(F)CC2)cc1C(N)=O. The predicted molar refractivity (Wildman–Crippen MR) is 148 cm³/mol. The van der Waals surface area contributed by atoms with E-state index in [1.54, 1.807) is 21.5 Å². The summed E-state index contributed by atoms with van der Waals surface area (Å²) >= 11 is 0. The Balaban J connectivity index is 1.33. The molecule has 0 aromatic carbocycles. The second-order valence-electron chi connectivity index (χ2n) is 12.7. The van der Waals surface area contributed by atoms with Crippen molar-refractivity contribution < 1.29 is 18.4 Å². The average Bonchev–Trinajstić information content (AvgIpc) is 3.49. The fourth-order valence-corrected chi connectivity index (χ4v) is 6.50. The van der Waals surface area contributed by atoms with Gasteiger partial charge in [-0.15, -0.1) is 0 Å². The number of nitrogens with two attached hydrogens (primary N) is 1. The zero-order valence-electron chi connectivity index (χ0n) is 23.7. The van der Waals surface area contributed by atoms with Crippen LogP contribution in [0.2, 0.25) is 0 Å². The number of carbonyl (C=O) groups excluding carboxylic acids is 2. The van der Waals surface area contributed by atoms with Gasteiger partial charge in [-0.3, -0.25) is 14.3 Å². The summed E-state index contributed by atoms with van der Waals surface area (Å²) in [6.45, 7) is 3.83. The summed E-state index contributed by atoms with van der Waals surface area (Å²) < 4.78 is 31.5. The van der Waals surface area contributed by atoms with Crippen molar-refractivity contribution in [1.82, 2.24) is 29.7 Å². The lowest BCUT2D eigenvalue weighted by Crippen LogP contribution is -2.32. The highest BCUT2D eigenvalue weighted by Crippen LogP contribution is 2.45. The number of alkyl halides is 2. The van der Waals surface area contributed by atoms with Gasteiger partial charge >= 0.3 is 0 Å². The molecular weight excluding hydrogens is 528 g/mol. The Morgan fingerprint density at radius 3 is 2.39 bits per heavy atom. The van der Waals surface area contributed by atoms with E-state index < -0.39 is 17.7 Å². The van der Waals surface area contributed by atoms with Gasteiger partial charge in [0.2, 0.25) is 11.8 Å². The third-order valence-corrected chi connectivity index (χ3v) is 9.19. The van der Waals surface area contributed by atoms with Gasteiger partial charge in [-0.25, -0.2) is 18.3 Å². The number of primary amides is 1. The largest absolute Gasteiger partial charge is 0.364 e. The van der Waals surface area contributed by atoms with Gasteiger partial charge in [0.15, 0.2) is 5.65 Å². The van der Waals surface area contributed by atoms with Crippen LogP contribution in [0.15, 0.2) is 24.5 Å². The molecular formula is C30H39F2N7O2. The Labute approximate surface area is 238 Å². The zero-order chi connectivity index (χ0) is 28.9. The molecule has 2 amide bonds. The number of nitrogens with one attached hydrogen (secondary N) is 1. The monoisotopic (exact) mass is 567 g/mol. The van der Waals surface area contributed by atoms with Gasteiger partial charge in [0.05, 0.1) is 29.8 Å². The van der Waals surface area contributed by atoms with Gasteiger partial charge in [-0.1, -0.05) is 6.42 Å². The molecule has 3 aliphatic carbocycles. The van der Waals surface area contributed by atoms with E-state index >= 15 is 0 Å². The molecule has 3 aromatic heterocycles. The summed E-state index contributed by atoms with van der Waals surface area (Å²) in [6.07, 6.45) is 10.0. The van der Waals surface area contributed by atoms with Crippen LogP contribution in [0.25, 0.3) is 5.65 Å². The average molecular weight is 568 g/mol. The molecule has 6 rings (SSSR count). The summed E-state index contributed by atoms with van der Waals surface area (Å²) in [5.41, 5.74) is 8.78. The van der Waals surface area contributed by atoms with Crippen LogP contribution in [-0.4, -0.2) is 42.1 Å². The lowest BCUT2D eigenvalue weighted by atomic mass is 9.76. The van der Waals surface area contributed by atoms with Crippen LogP contribution in [0.4, 0.5) is 8.78 Å². The molecule has 0 saturated heterocycles. The van der Waals surface area contributed by atoms with Gasteiger partial charge in [-0.05, 0) is 87.8 Å². The van der Waals surface area contributed by atoms with Crippen LogP contribution in [0.5, 0.6) is 0 Å². The summed E-state index contributed by atoms with van der Waals surface area (Å²) in [5, 5.41) is 12.6. The Hall–Kier alpha value is -3.37. The zero-order valence-corrected chi connectivity index (χ0v) is 23.7. The Bertz CT molecular complexity index is 1430. The summed E-state index contributed by atoms with van der Waals surface area (Å²) in [4.78, 5) is 29.9. The quantitative estimate of drug-likeness (QED) is 0.344. The highest BCUT2D eigenvalue weighted by atomic mass is 19.3. The summed E-state index contributed by atoms with van der Waals surface area (Å²) in [7, 11) is 0. The number of imidazole rings is 1. The number of hydrogen-bond donors (Lipinski definition) is 2. The third-order valence-electron chi connectivity index (χ3n) is 9.19. The second kappa shape index (κ2) is 10.8. The van der Waals surface area contributed by atoms with Gasteiger partial charge in [0, 0.05) is 31.2 Å². The molecule has 11 heteroatoms. The first-order valence-electron chi connectivity index (χ1n) is 15.0. The lowest BCUT2D eigenvalue weighted by molar-refractivity contribution is -0.123. The van der Waals surface area contributed by atoms with E-state index in [0.717, 1.165) is 31.2 Å². The molecule has 0 aliphatic heterocycles. The van der Waals surface area contributed by atoms with E-state index in [4.69, 9.17) is 15.8 Å². The van der Waals surface area contributed by atoms with E-state index in [0.29, 0.717) is 48.1 Å². The maximum atomic E-state index is 14.1. The molecule has 0 unspecified atom stereocenters. The van der Waals surface area contributed by atoms with Crippen molar-refractivity contribution in [2.45, 2.75) is 102 Å². The van der Waals surface area contributed by atoms with Crippen molar-refractivity contribution in [3.05, 3.63) is 47.2 Å². The summed E-state index contributed by atoms with van der Waals surface area (Å²) in [5.74, 6) is -2.79. The van der Waals surface area contributed by atoms with Crippen LogP contribution in [-0.2, 0) is 4.79 Å². The number of halogens is 2. The summed E-state index contributed by atoms with van der Waals surface area (Å²) in [6, 6.07) is 3.45. The number of hydrogen-bond acceptors (Lipinski definition) is 5. The van der Waals surface area contributed by atoms with Crippen LogP contribution >= 0.6 is 0 Å². The van der Waals surface area contributed by atoms with Crippen molar-refractivity contribution in [3.8, 4) is 0 Å². The van der Waals surface area contributed by atoms with Crippen molar-refractivity contribution >= 4 is 17.5 Å². The molecule has 9 nitrogen and oxygen atoms in total. The molecule has 3 saturated carbocycles. The molecule has 3 fully saturated rings. The molecule has 3 N–H and O–H groups in total. The Morgan fingerprint density at radius 1 is 1.07 bits per heavy atom. The van der Waals surface area contributed by atoms with E-state index in [-0.39, 0.29) is 42.4 Å². The van der Waals surface area contributed by atoms with Crippen molar-refractivity contribution in [2.75, 3.05) is 0 Å². The third kappa shape index (κ3) is 5.85. The fraction of sp³-hybridized carbons (Fsp3) is 0.633. The minimum absolute atomic E-state index is 0.0932. The van der Waals surface area contributed by atoms with E-state index in [2.05, 4.69) is 10.4 Å². The minimum Gasteiger partial charge on any atom is -0.364 e. The number of amides is 2. The number of nitrogens with zero attached hydrogens (tertiary/aromatic N) is 5. The fourth-order valence-electron chi connectivity index (χ4n) is 6.50. The molecule has 2 atom stereocenters. The van der Waals surface area contributed by atoms with Gasteiger partial charge in [0.25, 0.3) is 5.91 Å². The highest BCUT2D eigenvalue weighted by Gasteiger charge is 2.41. The van der Waals surface area contributed by atoms with Crippen LogP contribution in [0.1, 0.15) is 123 Å². The van der Waals surface area contributed by atoms with Crippen molar-refractivity contribution in [2.24, 2.45) is 23.5 Å². The number of fused-ring (bicyclic) bond motifs is 1. The topological polar surface area (TPSA) is 120 Å². The molecule has 0 radical (unpaired) electrons. The molecule has 3 aromatic rings. The van der Waals surface area contributed by atoms with E-state index in [1.165, 1.54) is 6.42 Å². The van der Waals surface area contributed by atoms with Crippen molar-refractivity contribution in [3.63, 3.8) is 0 Å². The number of rotatable bonds is 10. The molecule has 41 heavy (non-hydrogen) atoms. The van der Waals surface area contributed by atoms with E-state index in [1.807, 2.05) is 26.1 Å². The smallest absolute Gasteiger partial charge is 0.266 e. The van der Waals surface area contributed by atoms with Crippen LogP contribution < -0.4 is 11.1 Å². The minimum atomic E-state index is -2.67. The van der Waals surface area contributed by atoms with Crippen LogP contribution in [0, 0.1) is 17.8 Å². The van der Waals surface area contributed by atoms with E-state index in [9.17, 15) is 18.4 Å². The Morgan fingerprint density at radius 2 is 1.80 bits per heavy atom.